The Morgan fingerprint density at radius 2 is 2.27 bits per heavy atom. The molecule has 0 bridgehead atoms. The van der Waals surface area contributed by atoms with E-state index in [1.54, 1.807) is 17.8 Å². The summed E-state index contributed by atoms with van der Waals surface area (Å²) >= 11 is 5.13. The van der Waals surface area contributed by atoms with Crippen LogP contribution in [0.15, 0.2) is 65.8 Å². The van der Waals surface area contributed by atoms with E-state index in [1.165, 1.54) is 4.91 Å². The smallest absolute Gasteiger partial charge is 0.154 e. The van der Waals surface area contributed by atoms with E-state index in [-0.39, 0.29) is 0 Å². The maximum atomic E-state index is 9.30. The monoisotopic (exact) mass is 374 g/mol. The van der Waals surface area contributed by atoms with Crippen LogP contribution in [-0.4, -0.2) is 17.5 Å². The summed E-state index contributed by atoms with van der Waals surface area (Å²) in [4.78, 5) is 5.87. The number of thioether (sulfide) groups is 1. The molecule has 1 unspecified atom stereocenters. The fraction of sp³-hybridized carbons (Fsp3) is 0.125. The van der Waals surface area contributed by atoms with Crippen LogP contribution in [0.2, 0.25) is 0 Å². The number of hydrogen-bond donors (Lipinski definition) is 1. The molecular formula is C16H11BrN2O2S. The van der Waals surface area contributed by atoms with Gasteiger partial charge in [0.1, 0.15) is 16.7 Å². The van der Waals surface area contributed by atoms with Crippen LogP contribution in [-0.2, 0) is 0 Å². The maximum Gasteiger partial charge on any atom is 0.154 e. The Kier molecular flexibility index (Phi) is 3.43. The van der Waals surface area contributed by atoms with Crippen molar-refractivity contribution in [3.05, 3.63) is 62.3 Å². The van der Waals surface area contributed by atoms with Crippen molar-refractivity contribution in [3.8, 4) is 0 Å². The van der Waals surface area contributed by atoms with E-state index in [4.69, 9.17) is 4.42 Å². The van der Waals surface area contributed by atoms with Gasteiger partial charge >= 0.3 is 0 Å². The van der Waals surface area contributed by atoms with Crippen molar-refractivity contribution in [1.29, 1.82) is 0 Å². The van der Waals surface area contributed by atoms with Crippen LogP contribution in [0, 0.1) is 5.92 Å². The van der Waals surface area contributed by atoms with Gasteiger partial charge in [0, 0.05) is 26.7 Å². The molecule has 4 nitrogen and oxygen atoms in total. The number of halogens is 1. The number of allylic oxidation sites excluding steroid dienone is 1. The second-order valence-electron chi connectivity index (χ2n) is 5.06. The molecule has 1 atom stereocenters. The Bertz CT molecular complexity index is 927. The van der Waals surface area contributed by atoms with E-state index in [9.17, 15) is 5.21 Å². The third kappa shape index (κ3) is 2.32. The Morgan fingerprint density at radius 3 is 3.14 bits per heavy atom. The van der Waals surface area contributed by atoms with Gasteiger partial charge in [0.05, 0.1) is 6.54 Å². The Morgan fingerprint density at radius 1 is 1.36 bits per heavy atom. The largest absolute Gasteiger partial charge is 0.454 e. The van der Waals surface area contributed by atoms with Crippen molar-refractivity contribution in [1.82, 2.24) is 0 Å². The number of aliphatic imine (C=N–C) groups is 1. The highest BCUT2D eigenvalue weighted by atomic mass is 79.9. The predicted molar refractivity (Wildman–Crippen MR) is 91.0 cm³/mol. The third-order valence-corrected chi connectivity index (χ3v) is 5.16. The minimum absolute atomic E-state index is 0.396. The summed E-state index contributed by atoms with van der Waals surface area (Å²) in [5.41, 5.74) is 1.45. The minimum Gasteiger partial charge on any atom is -0.454 e. The SMILES string of the molecule is ON=c1cc(C2=NCC3C=CSC3=C2)oc2ccc(Br)cc12. The molecule has 0 amide bonds. The third-order valence-electron chi connectivity index (χ3n) is 3.68. The summed E-state index contributed by atoms with van der Waals surface area (Å²) in [5.74, 6) is 1.01. The van der Waals surface area contributed by atoms with Gasteiger partial charge in [0.15, 0.2) is 5.76 Å². The highest BCUT2D eigenvalue weighted by molar-refractivity contribution is 9.10. The molecule has 3 heterocycles. The summed E-state index contributed by atoms with van der Waals surface area (Å²) in [6.45, 7) is 0.726. The molecule has 1 aromatic carbocycles. The normalized spacial score (nSPS) is 21.0. The molecule has 0 fully saturated rings. The summed E-state index contributed by atoms with van der Waals surface area (Å²) in [6.07, 6.45) is 4.21. The number of dihydropyridines is 1. The van der Waals surface area contributed by atoms with Crippen LogP contribution in [0.4, 0.5) is 0 Å². The highest BCUT2D eigenvalue weighted by Gasteiger charge is 2.22. The van der Waals surface area contributed by atoms with E-state index in [0.717, 1.165) is 22.1 Å². The topological polar surface area (TPSA) is 58.1 Å². The molecule has 2 aliphatic heterocycles. The van der Waals surface area contributed by atoms with Gasteiger partial charge in [-0.3, -0.25) is 4.99 Å². The van der Waals surface area contributed by atoms with Gasteiger partial charge < -0.3 is 9.62 Å². The van der Waals surface area contributed by atoms with Crippen molar-refractivity contribution in [2.24, 2.45) is 16.1 Å². The number of fused-ring (bicyclic) bond motifs is 2. The van der Waals surface area contributed by atoms with E-state index in [0.29, 0.717) is 22.6 Å². The Hall–Kier alpha value is -1.79. The zero-order chi connectivity index (χ0) is 15.1. The van der Waals surface area contributed by atoms with Gasteiger partial charge in [-0.25, -0.2) is 0 Å². The van der Waals surface area contributed by atoms with Gasteiger partial charge in [-0.1, -0.05) is 27.2 Å². The molecule has 4 rings (SSSR count). The fourth-order valence-electron chi connectivity index (χ4n) is 2.56. The Labute approximate surface area is 139 Å². The second-order valence-corrected chi connectivity index (χ2v) is 6.96. The van der Waals surface area contributed by atoms with Crippen LogP contribution < -0.4 is 5.36 Å². The summed E-state index contributed by atoms with van der Waals surface area (Å²) in [7, 11) is 0. The van der Waals surface area contributed by atoms with Crippen LogP contribution in [0.3, 0.4) is 0 Å². The zero-order valence-corrected chi connectivity index (χ0v) is 13.8. The Balaban J connectivity index is 1.87. The number of hydrogen-bond acceptors (Lipinski definition) is 5. The van der Waals surface area contributed by atoms with Crippen LogP contribution in [0.1, 0.15) is 5.76 Å². The van der Waals surface area contributed by atoms with Crippen molar-refractivity contribution in [2.45, 2.75) is 0 Å². The van der Waals surface area contributed by atoms with Gasteiger partial charge in [0.2, 0.25) is 0 Å². The lowest BCUT2D eigenvalue weighted by Crippen LogP contribution is -2.14. The summed E-state index contributed by atoms with van der Waals surface area (Å²) in [6, 6.07) is 7.33. The molecule has 0 saturated carbocycles. The number of rotatable bonds is 1. The first-order valence-corrected chi connectivity index (χ1v) is 8.43. The van der Waals surface area contributed by atoms with Crippen LogP contribution >= 0.6 is 27.7 Å². The number of nitrogens with zero attached hydrogens (tertiary/aromatic N) is 2. The van der Waals surface area contributed by atoms with Gasteiger partial charge in [-0.15, -0.1) is 11.8 Å². The molecule has 1 aromatic heterocycles. The standard InChI is InChI=1S/C16H11BrN2O2S/c17-10-1-2-14-11(5-10)12(19-20)6-15(21-14)13-7-16-9(8-18-13)3-4-22-16/h1-7,9,20H,8H2. The average Bonchev–Trinajstić information content (AvgIpc) is 3.01. The van der Waals surface area contributed by atoms with Gasteiger partial charge in [-0.05, 0) is 29.7 Å². The lowest BCUT2D eigenvalue weighted by molar-refractivity contribution is 0.302. The maximum absolute atomic E-state index is 9.30. The molecule has 0 saturated heterocycles. The van der Waals surface area contributed by atoms with Crippen molar-refractivity contribution < 1.29 is 9.62 Å². The molecule has 110 valence electrons. The molecule has 2 aromatic rings. The fourth-order valence-corrected chi connectivity index (χ4v) is 3.86. The van der Waals surface area contributed by atoms with Crippen molar-refractivity contribution in [3.63, 3.8) is 0 Å². The van der Waals surface area contributed by atoms with E-state index < -0.39 is 0 Å². The molecule has 6 heteroatoms. The van der Waals surface area contributed by atoms with Crippen LogP contribution in [0.25, 0.3) is 11.0 Å². The zero-order valence-electron chi connectivity index (χ0n) is 11.4. The molecule has 22 heavy (non-hydrogen) atoms. The quantitative estimate of drug-likeness (QED) is 0.604. The predicted octanol–water partition coefficient (Wildman–Crippen LogP) is 4.05. The molecule has 1 N–H and O–H groups in total. The molecule has 0 aliphatic carbocycles. The lowest BCUT2D eigenvalue weighted by atomic mass is 10.0. The average molecular weight is 375 g/mol. The van der Waals surface area contributed by atoms with Crippen LogP contribution in [0.5, 0.6) is 0 Å². The van der Waals surface area contributed by atoms with Gasteiger partial charge in [0.25, 0.3) is 0 Å². The molecule has 0 spiro atoms. The summed E-state index contributed by atoms with van der Waals surface area (Å²) in [5, 5.41) is 16.0. The number of benzene rings is 1. The van der Waals surface area contributed by atoms with E-state index >= 15 is 0 Å². The summed E-state index contributed by atoms with van der Waals surface area (Å²) < 4.78 is 6.85. The van der Waals surface area contributed by atoms with Crippen molar-refractivity contribution in [2.75, 3.05) is 6.54 Å². The first-order chi connectivity index (χ1) is 10.7. The van der Waals surface area contributed by atoms with E-state index in [1.807, 2.05) is 24.3 Å². The first-order valence-electron chi connectivity index (χ1n) is 6.76. The first kappa shape index (κ1) is 13.8. The van der Waals surface area contributed by atoms with Crippen molar-refractivity contribution >= 4 is 44.4 Å². The van der Waals surface area contributed by atoms with Gasteiger partial charge in [-0.2, -0.15) is 0 Å². The molecule has 0 radical (unpaired) electrons. The minimum atomic E-state index is 0.396. The van der Waals surface area contributed by atoms with E-state index in [2.05, 4.69) is 37.6 Å². The second kappa shape index (κ2) is 5.44. The molecular weight excluding hydrogens is 364 g/mol. The molecule has 2 aliphatic rings. The highest BCUT2D eigenvalue weighted by Crippen LogP contribution is 2.36. The lowest BCUT2D eigenvalue weighted by Gasteiger charge is -2.15.